The van der Waals surface area contributed by atoms with Gasteiger partial charge in [0, 0.05) is 12.7 Å². The number of carbonyl (C=O) groups is 1. The van der Waals surface area contributed by atoms with Gasteiger partial charge in [0.2, 0.25) is 0 Å². The molecule has 0 bridgehead atoms. The first-order valence-corrected chi connectivity index (χ1v) is 14.3. The second-order valence-electron chi connectivity index (χ2n) is 10.9. The molecule has 0 heterocycles. The highest BCUT2D eigenvalue weighted by Crippen LogP contribution is 2.39. The molecule has 196 valence electrons. The van der Waals surface area contributed by atoms with Crippen molar-refractivity contribution in [1.82, 2.24) is 0 Å². The van der Waals surface area contributed by atoms with Crippen LogP contribution in [0.3, 0.4) is 0 Å². The van der Waals surface area contributed by atoms with Crippen molar-refractivity contribution in [2.24, 2.45) is 17.8 Å². The molecular formula is C29H50O5. The van der Waals surface area contributed by atoms with Gasteiger partial charge >= 0.3 is 5.97 Å². The van der Waals surface area contributed by atoms with Crippen LogP contribution >= 0.6 is 0 Å². The first kappa shape index (κ1) is 27.7. The maximum absolute atomic E-state index is 11.1. The van der Waals surface area contributed by atoms with Crippen LogP contribution in [0.25, 0.3) is 0 Å². The third-order valence-corrected chi connectivity index (χ3v) is 8.54. The van der Waals surface area contributed by atoms with Crippen molar-refractivity contribution in [2.45, 2.75) is 128 Å². The summed E-state index contributed by atoms with van der Waals surface area (Å²) in [5.74, 6) is 2.11. The van der Waals surface area contributed by atoms with Crippen LogP contribution in [-0.2, 0) is 23.7 Å². The molecule has 0 unspecified atom stereocenters. The molecule has 3 aliphatic rings. The lowest BCUT2D eigenvalue weighted by molar-refractivity contribution is -0.140. The van der Waals surface area contributed by atoms with Crippen molar-refractivity contribution in [3.05, 3.63) is 12.7 Å². The van der Waals surface area contributed by atoms with E-state index < -0.39 is 0 Å². The summed E-state index contributed by atoms with van der Waals surface area (Å²) in [6, 6.07) is 0. The van der Waals surface area contributed by atoms with Gasteiger partial charge in [-0.2, -0.15) is 0 Å². The van der Waals surface area contributed by atoms with E-state index in [2.05, 4.69) is 13.5 Å². The van der Waals surface area contributed by atoms with Gasteiger partial charge < -0.3 is 18.9 Å². The van der Waals surface area contributed by atoms with Crippen LogP contribution in [0.15, 0.2) is 12.7 Å². The Morgan fingerprint density at radius 1 is 0.735 bits per heavy atom. The van der Waals surface area contributed by atoms with Crippen molar-refractivity contribution in [3.8, 4) is 0 Å². The molecule has 0 radical (unpaired) electrons. The fraction of sp³-hybridized carbons (Fsp3) is 0.897. The molecule has 0 spiro atoms. The molecule has 0 aromatic carbocycles. The highest BCUT2D eigenvalue weighted by atomic mass is 16.7. The molecular weight excluding hydrogens is 428 g/mol. The minimum atomic E-state index is -0.321. The third kappa shape index (κ3) is 9.99. The molecule has 0 aromatic heterocycles. The van der Waals surface area contributed by atoms with Gasteiger partial charge in [-0.05, 0) is 108 Å². The lowest BCUT2D eigenvalue weighted by atomic mass is 9.72. The number of unbranched alkanes of at least 4 members (excludes halogenated alkanes) is 2. The summed E-state index contributed by atoms with van der Waals surface area (Å²) < 4.78 is 23.4. The predicted octanol–water partition coefficient (Wildman–Crippen LogP) is 6.98. The fourth-order valence-corrected chi connectivity index (χ4v) is 6.26. The number of esters is 1. The zero-order valence-corrected chi connectivity index (χ0v) is 21.7. The molecule has 5 heteroatoms. The SMILES string of the molecule is C=CC(=O)OCCC1CCC(OCOC2CCC(C3CCC(OCCCCC)CC3)CC2)CC1. The first-order valence-electron chi connectivity index (χ1n) is 14.3. The van der Waals surface area contributed by atoms with Crippen LogP contribution in [0.5, 0.6) is 0 Å². The Labute approximate surface area is 208 Å². The van der Waals surface area contributed by atoms with Crippen molar-refractivity contribution in [2.75, 3.05) is 20.0 Å². The average Bonchev–Trinajstić information content (AvgIpc) is 2.88. The summed E-state index contributed by atoms with van der Waals surface area (Å²) >= 11 is 0. The standard InChI is InChI=1S/C29H50O5/c1-3-5-6-20-31-26-15-9-24(10-16-26)25-11-17-28(18-12-25)34-22-33-27-13-7-23(8-14-27)19-21-32-29(30)4-2/h4,23-28H,2-3,5-22H2,1H3. The Balaban J connectivity index is 1.19. The largest absolute Gasteiger partial charge is 0.463 e. The minimum Gasteiger partial charge on any atom is -0.463 e. The van der Waals surface area contributed by atoms with E-state index in [-0.39, 0.29) is 5.97 Å². The summed E-state index contributed by atoms with van der Waals surface area (Å²) in [5.41, 5.74) is 0. The number of carbonyl (C=O) groups excluding carboxylic acids is 1. The topological polar surface area (TPSA) is 54.0 Å². The van der Waals surface area contributed by atoms with Gasteiger partial charge in [-0.3, -0.25) is 0 Å². The van der Waals surface area contributed by atoms with E-state index in [1.165, 1.54) is 76.7 Å². The van der Waals surface area contributed by atoms with Crippen molar-refractivity contribution in [1.29, 1.82) is 0 Å². The maximum atomic E-state index is 11.1. The van der Waals surface area contributed by atoms with Crippen LogP contribution < -0.4 is 0 Å². The highest BCUT2D eigenvalue weighted by Gasteiger charge is 2.31. The molecule has 0 atom stereocenters. The smallest absolute Gasteiger partial charge is 0.330 e. The number of ether oxygens (including phenoxy) is 4. The summed E-state index contributed by atoms with van der Waals surface area (Å²) in [6.07, 6.45) is 21.9. The minimum absolute atomic E-state index is 0.321. The molecule has 0 aliphatic heterocycles. The van der Waals surface area contributed by atoms with Gasteiger partial charge in [-0.25, -0.2) is 4.79 Å². The van der Waals surface area contributed by atoms with E-state index in [4.69, 9.17) is 18.9 Å². The van der Waals surface area contributed by atoms with Gasteiger partial charge in [0.1, 0.15) is 6.79 Å². The maximum Gasteiger partial charge on any atom is 0.330 e. The van der Waals surface area contributed by atoms with Gasteiger partial charge in [0.05, 0.1) is 24.9 Å². The molecule has 3 saturated carbocycles. The zero-order chi connectivity index (χ0) is 24.0. The van der Waals surface area contributed by atoms with Crippen molar-refractivity contribution in [3.63, 3.8) is 0 Å². The molecule has 3 aliphatic carbocycles. The van der Waals surface area contributed by atoms with Gasteiger partial charge in [0.15, 0.2) is 0 Å². The number of rotatable bonds is 14. The fourth-order valence-electron chi connectivity index (χ4n) is 6.26. The molecule has 5 nitrogen and oxygen atoms in total. The summed E-state index contributed by atoms with van der Waals surface area (Å²) in [5, 5.41) is 0. The van der Waals surface area contributed by atoms with Crippen LogP contribution in [-0.4, -0.2) is 44.3 Å². The zero-order valence-electron chi connectivity index (χ0n) is 21.7. The van der Waals surface area contributed by atoms with E-state index in [0.29, 0.717) is 37.6 Å². The monoisotopic (exact) mass is 478 g/mol. The Morgan fingerprint density at radius 3 is 1.79 bits per heavy atom. The second kappa shape index (κ2) is 16.0. The molecule has 0 aromatic rings. The van der Waals surface area contributed by atoms with E-state index in [1.807, 2.05) is 0 Å². The highest BCUT2D eigenvalue weighted by molar-refractivity contribution is 5.81. The molecule has 34 heavy (non-hydrogen) atoms. The lowest BCUT2D eigenvalue weighted by Crippen LogP contribution is -2.31. The quantitative estimate of drug-likeness (QED) is 0.117. The Bertz CT molecular complexity index is 555. The van der Waals surface area contributed by atoms with Crippen molar-refractivity contribution >= 4 is 5.97 Å². The summed E-state index contributed by atoms with van der Waals surface area (Å²) in [4.78, 5) is 11.1. The van der Waals surface area contributed by atoms with E-state index >= 15 is 0 Å². The number of hydrogen-bond donors (Lipinski definition) is 0. The molecule has 3 fully saturated rings. The van der Waals surface area contributed by atoms with Crippen LogP contribution in [0.4, 0.5) is 0 Å². The van der Waals surface area contributed by atoms with Crippen LogP contribution in [0.1, 0.15) is 110 Å². The van der Waals surface area contributed by atoms with E-state index in [9.17, 15) is 4.79 Å². The van der Waals surface area contributed by atoms with Crippen LogP contribution in [0, 0.1) is 17.8 Å². The normalized spacial score (nSPS) is 32.3. The molecule has 3 rings (SSSR count). The summed E-state index contributed by atoms with van der Waals surface area (Å²) in [7, 11) is 0. The first-order chi connectivity index (χ1) is 16.7. The summed E-state index contributed by atoms with van der Waals surface area (Å²) in [6.45, 7) is 7.59. The van der Waals surface area contributed by atoms with Crippen LogP contribution in [0.2, 0.25) is 0 Å². The van der Waals surface area contributed by atoms with Crippen molar-refractivity contribution < 1.29 is 23.7 Å². The van der Waals surface area contributed by atoms with Gasteiger partial charge in [-0.15, -0.1) is 0 Å². The Kier molecular flexibility index (Phi) is 13.0. The Morgan fingerprint density at radius 2 is 1.26 bits per heavy atom. The second-order valence-corrected chi connectivity index (χ2v) is 10.9. The van der Waals surface area contributed by atoms with E-state index in [1.54, 1.807) is 0 Å². The third-order valence-electron chi connectivity index (χ3n) is 8.54. The van der Waals surface area contributed by atoms with Gasteiger partial charge in [-0.1, -0.05) is 26.3 Å². The Hall–Kier alpha value is -0.910. The molecule has 0 N–H and O–H groups in total. The van der Waals surface area contributed by atoms with Gasteiger partial charge in [0.25, 0.3) is 0 Å². The van der Waals surface area contributed by atoms with E-state index in [0.717, 1.165) is 50.5 Å². The average molecular weight is 479 g/mol. The molecule has 0 saturated heterocycles. The molecule has 0 amide bonds. The predicted molar refractivity (Wildman–Crippen MR) is 136 cm³/mol. The lowest BCUT2D eigenvalue weighted by Gasteiger charge is -2.37. The number of hydrogen-bond acceptors (Lipinski definition) is 5.